The molecule has 0 fully saturated rings. The molecule has 0 aromatic heterocycles. The second kappa shape index (κ2) is 5.93. The number of benzene rings is 3. The van der Waals surface area contributed by atoms with E-state index in [0.717, 1.165) is 33.3 Å². The molecule has 0 saturated heterocycles. The molecule has 3 aromatic rings. The SMILES string of the molecule is Cc1ccc2c(c1)C(c1ccccc1Cl)C1=C(N2)c2ccccc2OC1. The Morgan fingerprint density at radius 1 is 0.962 bits per heavy atom. The van der Waals surface area contributed by atoms with E-state index in [9.17, 15) is 0 Å². The van der Waals surface area contributed by atoms with Gasteiger partial charge in [0.05, 0.1) is 5.70 Å². The first-order valence-electron chi connectivity index (χ1n) is 8.79. The van der Waals surface area contributed by atoms with Crippen molar-refractivity contribution in [2.75, 3.05) is 11.9 Å². The van der Waals surface area contributed by atoms with Gasteiger partial charge in [-0.2, -0.15) is 0 Å². The Labute approximate surface area is 158 Å². The minimum Gasteiger partial charge on any atom is -0.488 e. The van der Waals surface area contributed by atoms with Gasteiger partial charge in [-0.1, -0.05) is 59.6 Å². The Balaban J connectivity index is 1.79. The number of nitrogens with one attached hydrogen (secondary N) is 1. The summed E-state index contributed by atoms with van der Waals surface area (Å²) in [5.41, 5.74) is 8.23. The zero-order valence-electron chi connectivity index (χ0n) is 14.4. The van der Waals surface area contributed by atoms with Gasteiger partial charge in [-0.05, 0) is 42.3 Å². The highest BCUT2D eigenvalue weighted by Gasteiger charge is 2.34. The van der Waals surface area contributed by atoms with Crippen LogP contribution >= 0.6 is 11.6 Å². The molecule has 128 valence electrons. The fourth-order valence-corrected chi connectivity index (χ4v) is 4.24. The highest BCUT2D eigenvalue weighted by atomic mass is 35.5. The molecule has 0 bridgehead atoms. The summed E-state index contributed by atoms with van der Waals surface area (Å²) in [6, 6.07) is 22.9. The third-order valence-corrected chi connectivity index (χ3v) is 5.55. The fourth-order valence-electron chi connectivity index (χ4n) is 4.00. The number of hydrogen-bond donors (Lipinski definition) is 1. The van der Waals surface area contributed by atoms with Gasteiger partial charge in [-0.15, -0.1) is 0 Å². The summed E-state index contributed by atoms with van der Waals surface area (Å²) in [6.45, 7) is 2.68. The number of halogens is 1. The average Bonchev–Trinajstić information content (AvgIpc) is 2.67. The Morgan fingerprint density at radius 2 is 1.77 bits per heavy atom. The topological polar surface area (TPSA) is 21.3 Å². The van der Waals surface area contributed by atoms with Gasteiger partial charge in [0.2, 0.25) is 0 Å². The summed E-state index contributed by atoms with van der Waals surface area (Å²) >= 11 is 6.61. The van der Waals surface area contributed by atoms with Crippen molar-refractivity contribution in [3.05, 3.63) is 99.6 Å². The minimum atomic E-state index is 0.0863. The summed E-state index contributed by atoms with van der Waals surface area (Å²) in [6.07, 6.45) is 0. The third kappa shape index (κ3) is 2.33. The molecule has 0 radical (unpaired) electrons. The van der Waals surface area contributed by atoms with E-state index in [1.165, 1.54) is 16.7 Å². The van der Waals surface area contributed by atoms with Gasteiger partial charge in [0.1, 0.15) is 12.4 Å². The van der Waals surface area contributed by atoms with Crippen molar-refractivity contribution in [2.24, 2.45) is 0 Å². The van der Waals surface area contributed by atoms with Crippen LogP contribution in [-0.4, -0.2) is 6.61 Å². The summed E-state index contributed by atoms with van der Waals surface area (Å²) in [5, 5.41) is 4.45. The van der Waals surface area contributed by atoms with E-state index in [-0.39, 0.29) is 5.92 Å². The van der Waals surface area contributed by atoms with E-state index in [0.29, 0.717) is 6.61 Å². The van der Waals surface area contributed by atoms with Crippen LogP contribution in [0.2, 0.25) is 5.02 Å². The average molecular weight is 360 g/mol. The van der Waals surface area contributed by atoms with E-state index >= 15 is 0 Å². The molecule has 5 rings (SSSR count). The number of fused-ring (bicyclic) bond motifs is 3. The normalized spacial score (nSPS) is 17.5. The van der Waals surface area contributed by atoms with Crippen LogP contribution in [0.5, 0.6) is 5.75 Å². The lowest BCUT2D eigenvalue weighted by atomic mass is 9.78. The van der Waals surface area contributed by atoms with Crippen molar-refractivity contribution in [1.29, 1.82) is 0 Å². The monoisotopic (exact) mass is 359 g/mol. The number of hydrogen-bond acceptors (Lipinski definition) is 2. The second-order valence-corrected chi connectivity index (χ2v) is 7.26. The molecule has 2 aliphatic heterocycles. The number of para-hydroxylation sites is 1. The van der Waals surface area contributed by atoms with E-state index in [4.69, 9.17) is 16.3 Å². The summed E-state index contributed by atoms with van der Waals surface area (Å²) in [5.74, 6) is 1.01. The molecule has 26 heavy (non-hydrogen) atoms. The van der Waals surface area contributed by atoms with Gasteiger partial charge in [0.25, 0.3) is 0 Å². The van der Waals surface area contributed by atoms with Crippen LogP contribution in [0.3, 0.4) is 0 Å². The van der Waals surface area contributed by atoms with Crippen LogP contribution in [0.1, 0.15) is 28.2 Å². The van der Waals surface area contributed by atoms with Gasteiger partial charge in [-0.3, -0.25) is 0 Å². The maximum Gasteiger partial charge on any atom is 0.129 e. The summed E-state index contributed by atoms with van der Waals surface area (Å²) in [4.78, 5) is 0. The minimum absolute atomic E-state index is 0.0863. The van der Waals surface area contributed by atoms with Gasteiger partial charge in [-0.25, -0.2) is 0 Å². The number of aryl methyl sites for hydroxylation is 1. The Kier molecular flexibility index (Phi) is 3.54. The van der Waals surface area contributed by atoms with Crippen LogP contribution in [-0.2, 0) is 0 Å². The Hall–Kier alpha value is -2.71. The van der Waals surface area contributed by atoms with E-state index in [2.05, 4.69) is 54.7 Å². The number of rotatable bonds is 1. The number of anilines is 1. The summed E-state index contributed by atoms with van der Waals surface area (Å²) in [7, 11) is 0. The van der Waals surface area contributed by atoms with Gasteiger partial charge in [0.15, 0.2) is 0 Å². The largest absolute Gasteiger partial charge is 0.488 e. The van der Waals surface area contributed by atoms with Gasteiger partial charge in [0, 0.05) is 27.8 Å². The molecule has 1 unspecified atom stereocenters. The van der Waals surface area contributed by atoms with Crippen LogP contribution in [0.4, 0.5) is 5.69 Å². The van der Waals surface area contributed by atoms with Gasteiger partial charge >= 0.3 is 0 Å². The quantitative estimate of drug-likeness (QED) is 0.574. The number of ether oxygens (including phenoxy) is 1. The van der Waals surface area contributed by atoms with Crippen molar-refractivity contribution in [1.82, 2.24) is 0 Å². The van der Waals surface area contributed by atoms with Crippen LogP contribution in [0, 0.1) is 6.92 Å². The van der Waals surface area contributed by atoms with Crippen molar-refractivity contribution in [2.45, 2.75) is 12.8 Å². The molecule has 3 heteroatoms. The fraction of sp³-hybridized carbons (Fsp3) is 0.130. The highest BCUT2D eigenvalue weighted by Crippen LogP contribution is 2.49. The Morgan fingerprint density at radius 3 is 2.65 bits per heavy atom. The molecule has 2 nitrogen and oxygen atoms in total. The molecule has 0 amide bonds. The van der Waals surface area contributed by atoms with Gasteiger partial charge < -0.3 is 10.1 Å². The lowest BCUT2D eigenvalue weighted by Crippen LogP contribution is -2.25. The standard InChI is InChI=1S/C23H18ClNO/c1-14-10-11-20-17(12-14)22(15-6-2-4-8-19(15)24)18-13-26-21-9-5-3-7-16(21)23(18)25-20/h2-12,22,25H,13H2,1H3. The van der Waals surface area contributed by atoms with E-state index < -0.39 is 0 Å². The molecule has 1 atom stereocenters. The van der Waals surface area contributed by atoms with E-state index in [1.54, 1.807) is 0 Å². The second-order valence-electron chi connectivity index (χ2n) is 6.86. The van der Waals surface area contributed by atoms with Crippen molar-refractivity contribution in [3.63, 3.8) is 0 Å². The smallest absolute Gasteiger partial charge is 0.129 e. The lowest BCUT2D eigenvalue weighted by Gasteiger charge is -2.36. The first-order valence-corrected chi connectivity index (χ1v) is 9.17. The lowest BCUT2D eigenvalue weighted by molar-refractivity contribution is 0.339. The highest BCUT2D eigenvalue weighted by molar-refractivity contribution is 6.31. The first kappa shape index (κ1) is 15.5. The van der Waals surface area contributed by atoms with Crippen LogP contribution < -0.4 is 10.1 Å². The molecular formula is C23H18ClNO. The molecule has 0 aliphatic carbocycles. The van der Waals surface area contributed by atoms with Crippen molar-refractivity contribution < 1.29 is 4.74 Å². The maximum atomic E-state index is 6.61. The van der Waals surface area contributed by atoms with Crippen LogP contribution in [0.15, 0.2) is 72.3 Å². The maximum absolute atomic E-state index is 6.61. The molecule has 2 heterocycles. The van der Waals surface area contributed by atoms with E-state index in [1.807, 2.05) is 24.3 Å². The molecule has 0 spiro atoms. The molecular weight excluding hydrogens is 342 g/mol. The van der Waals surface area contributed by atoms with Crippen LogP contribution in [0.25, 0.3) is 5.70 Å². The predicted molar refractivity (Wildman–Crippen MR) is 107 cm³/mol. The van der Waals surface area contributed by atoms with Crippen molar-refractivity contribution >= 4 is 23.0 Å². The summed E-state index contributed by atoms with van der Waals surface area (Å²) < 4.78 is 6.09. The predicted octanol–water partition coefficient (Wildman–Crippen LogP) is 6.01. The third-order valence-electron chi connectivity index (χ3n) is 5.20. The van der Waals surface area contributed by atoms with Crippen molar-refractivity contribution in [3.8, 4) is 5.75 Å². The molecule has 2 aliphatic rings. The molecule has 1 N–H and O–H groups in total. The molecule has 0 saturated carbocycles. The Bertz CT molecular complexity index is 1050. The zero-order chi connectivity index (χ0) is 17.7. The molecule has 3 aromatic carbocycles. The zero-order valence-corrected chi connectivity index (χ0v) is 15.2. The first-order chi connectivity index (χ1) is 12.7.